The molecule has 2 fully saturated rings. The SMILES string of the molecule is Cc1nc(NC2CCCN3CCCC23)nnc1Cl. The lowest BCUT2D eigenvalue weighted by Gasteiger charge is -2.36. The van der Waals surface area contributed by atoms with Gasteiger partial charge in [0.15, 0.2) is 5.15 Å². The molecule has 0 amide bonds. The number of anilines is 1. The summed E-state index contributed by atoms with van der Waals surface area (Å²) < 4.78 is 0. The third-order valence-electron chi connectivity index (χ3n) is 3.96. The summed E-state index contributed by atoms with van der Waals surface area (Å²) in [6.45, 7) is 4.33. The molecule has 0 spiro atoms. The van der Waals surface area contributed by atoms with Crippen LogP contribution in [-0.2, 0) is 0 Å². The van der Waals surface area contributed by atoms with Gasteiger partial charge < -0.3 is 5.32 Å². The van der Waals surface area contributed by atoms with Crippen molar-refractivity contribution in [3.05, 3.63) is 10.8 Å². The number of fused-ring (bicyclic) bond motifs is 1. The van der Waals surface area contributed by atoms with Crippen LogP contribution in [0.5, 0.6) is 0 Å². The van der Waals surface area contributed by atoms with E-state index in [4.69, 9.17) is 11.6 Å². The van der Waals surface area contributed by atoms with Gasteiger partial charge in [-0.25, -0.2) is 4.98 Å². The largest absolute Gasteiger partial charge is 0.349 e. The minimum absolute atomic E-state index is 0.381. The predicted molar refractivity (Wildman–Crippen MR) is 70.8 cm³/mol. The van der Waals surface area contributed by atoms with Crippen LogP contribution in [0.25, 0.3) is 0 Å². The number of aryl methyl sites for hydroxylation is 1. The minimum Gasteiger partial charge on any atom is -0.349 e. The summed E-state index contributed by atoms with van der Waals surface area (Å²) in [5.41, 5.74) is 0.730. The highest BCUT2D eigenvalue weighted by Gasteiger charge is 2.34. The molecule has 1 aromatic heterocycles. The molecule has 3 heterocycles. The van der Waals surface area contributed by atoms with Crippen LogP contribution in [0, 0.1) is 6.92 Å². The molecule has 0 aromatic carbocycles. The van der Waals surface area contributed by atoms with Gasteiger partial charge in [0, 0.05) is 12.1 Å². The molecule has 1 aromatic rings. The third-order valence-corrected chi connectivity index (χ3v) is 4.31. The number of halogens is 1. The van der Waals surface area contributed by atoms with Crippen molar-refractivity contribution in [3.8, 4) is 0 Å². The Balaban J connectivity index is 1.73. The fourth-order valence-electron chi connectivity index (χ4n) is 3.08. The predicted octanol–water partition coefficient (Wildman–Crippen LogP) is 1.87. The number of nitrogens with one attached hydrogen (secondary N) is 1. The highest BCUT2D eigenvalue weighted by molar-refractivity contribution is 6.29. The van der Waals surface area contributed by atoms with Gasteiger partial charge >= 0.3 is 0 Å². The Kier molecular flexibility index (Phi) is 3.35. The van der Waals surface area contributed by atoms with Crippen LogP contribution < -0.4 is 5.32 Å². The molecule has 0 radical (unpaired) electrons. The standard InChI is InChI=1S/C12H18ClN5/c1-8-11(13)16-17-12(14-8)15-9-4-2-6-18-7-3-5-10(9)18/h9-10H,2-7H2,1H3,(H,14,15,17). The minimum atomic E-state index is 0.381. The van der Waals surface area contributed by atoms with Gasteiger partial charge in [0.1, 0.15) is 0 Å². The van der Waals surface area contributed by atoms with E-state index in [-0.39, 0.29) is 0 Å². The molecular weight excluding hydrogens is 250 g/mol. The summed E-state index contributed by atoms with van der Waals surface area (Å²) in [7, 11) is 0. The van der Waals surface area contributed by atoms with Crippen molar-refractivity contribution in [2.24, 2.45) is 0 Å². The lowest BCUT2D eigenvalue weighted by molar-refractivity contribution is 0.182. The van der Waals surface area contributed by atoms with Gasteiger partial charge in [-0.1, -0.05) is 11.6 Å². The van der Waals surface area contributed by atoms with Crippen molar-refractivity contribution in [1.29, 1.82) is 0 Å². The maximum atomic E-state index is 5.84. The molecule has 0 bridgehead atoms. The summed E-state index contributed by atoms with van der Waals surface area (Å²) in [6.07, 6.45) is 5.01. The fourth-order valence-corrected chi connectivity index (χ4v) is 3.16. The van der Waals surface area contributed by atoms with E-state index in [0.29, 0.717) is 23.2 Å². The zero-order valence-corrected chi connectivity index (χ0v) is 11.3. The summed E-state index contributed by atoms with van der Waals surface area (Å²) in [6, 6.07) is 1.09. The van der Waals surface area contributed by atoms with Gasteiger partial charge in [0.2, 0.25) is 5.95 Å². The number of piperidine rings is 1. The number of nitrogens with zero attached hydrogens (tertiary/aromatic N) is 4. The smallest absolute Gasteiger partial charge is 0.243 e. The van der Waals surface area contributed by atoms with Crippen LogP contribution in [-0.4, -0.2) is 45.3 Å². The lowest BCUT2D eigenvalue weighted by atomic mass is 9.96. The Hall–Kier alpha value is -0.940. The maximum Gasteiger partial charge on any atom is 0.243 e. The molecule has 2 unspecified atom stereocenters. The van der Waals surface area contributed by atoms with Crippen molar-refractivity contribution in [3.63, 3.8) is 0 Å². The highest BCUT2D eigenvalue weighted by Crippen LogP contribution is 2.28. The average Bonchev–Trinajstić information content (AvgIpc) is 2.83. The zero-order valence-electron chi connectivity index (χ0n) is 10.6. The van der Waals surface area contributed by atoms with Crippen LogP contribution >= 0.6 is 11.6 Å². The third kappa shape index (κ3) is 2.29. The summed E-state index contributed by atoms with van der Waals surface area (Å²) in [5, 5.41) is 11.7. The lowest BCUT2D eigenvalue weighted by Crippen LogP contribution is -2.47. The molecule has 2 aliphatic heterocycles. The zero-order chi connectivity index (χ0) is 12.5. The molecule has 0 saturated carbocycles. The second-order valence-corrected chi connectivity index (χ2v) is 5.51. The van der Waals surface area contributed by atoms with Crippen LogP contribution in [0.15, 0.2) is 0 Å². The van der Waals surface area contributed by atoms with E-state index in [1.165, 1.54) is 38.8 Å². The summed E-state index contributed by atoms with van der Waals surface area (Å²) >= 11 is 5.84. The summed E-state index contributed by atoms with van der Waals surface area (Å²) in [5.74, 6) is 0.607. The Morgan fingerprint density at radius 3 is 2.78 bits per heavy atom. The molecule has 5 nitrogen and oxygen atoms in total. The van der Waals surface area contributed by atoms with Crippen LogP contribution in [0.3, 0.4) is 0 Å². The molecule has 98 valence electrons. The van der Waals surface area contributed by atoms with Gasteiger partial charge in [-0.05, 0) is 45.7 Å². The first-order valence-corrected chi connectivity index (χ1v) is 6.99. The Morgan fingerprint density at radius 2 is 2.00 bits per heavy atom. The van der Waals surface area contributed by atoms with Crippen LogP contribution in [0.1, 0.15) is 31.4 Å². The molecule has 18 heavy (non-hydrogen) atoms. The van der Waals surface area contributed by atoms with Crippen molar-refractivity contribution in [2.75, 3.05) is 18.4 Å². The number of aromatic nitrogens is 3. The molecule has 1 N–H and O–H groups in total. The van der Waals surface area contributed by atoms with Gasteiger partial charge in [-0.15, -0.1) is 10.2 Å². The Bertz CT molecular complexity index is 438. The second kappa shape index (κ2) is 4.97. The van der Waals surface area contributed by atoms with E-state index in [9.17, 15) is 0 Å². The molecular formula is C12H18ClN5. The monoisotopic (exact) mass is 267 g/mol. The first-order valence-electron chi connectivity index (χ1n) is 6.61. The van der Waals surface area contributed by atoms with Crippen molar-refractivity contribution in [1.82, 2.24) is 20.1 Å². The number of hydrogen-bond donors (Lipinski definition) is 1. The van der Waals surface area contributed by atoms with Crippen LogP contribution in [0.2, 0.25) is 5.15 Å². The topological polar surface area (TPSA) is 53.9 Å². The molecule has 3 rings (SSSR count). The van der Waals surface area contributed by atoms with Crippen molar-refractivity contribution >= 4 is 17.5 Å². The highest BCUT2D eigenvalue weighted by atomic mass is 35.5. The Morgan fingerprint density at radius 1 is 1.22 bits per heavy atom. The van der Waals surface area contributed by atoms with E-state index in [2.05, 4.69) is 25.4 Å². The van der Waals surface area contributed by atoms with E-state index in [1.54, 1.807) is 0 Å². The van der Waals surface area contributed by atoms with Crippen LogP contribution in [0.4, 0.5) is 5.95 Å². The normalized spacial score (nSPS) is 28.1. The number of rotatable bonds is 2. The van der Waals surface area contributed by atoms with Gasteiger partial charge in [-0.3, -0.25) is 4.90 Å². The van der Waals surface area contributed by atoms with E-state index in [1.807, 2.05) is 6.92 Å². The van der Waals surface area contributed by atoms with Gasteiger partial charge in [0.05, 0.1) is 5.69 Å². The van der Waals surface area contributed by atoms with E-state index >= 15 is 0 Å². The van der Waals surface area contributed by atoms with E-state index in [0.717, 1.165) is 5.69 Å². The molecule has 2 saturated heterocycles. The maximum absolute atomic E-state index is 5.84. The second-order valence-electron chi connectivity index (χ2n) is 5.15. The number of hydrogen-bond acceptors (Lipinski definition) is 5. The average molecular weight is 268 g/mol. The molecule has 6 heteroatoms. The van der Waals surface area contributed by atoms with Gasteiger partial charge in [-0.2, -0.15) is 0 Å². The summed E-state index contributed by atoms with van der Waals surface area (Å²) in [4.78, 5) is 6.93. The Labute approximate surface area is 112 Å². The molecule has 2 atom stereocenters. The molecule has 0 aliphatic carbocycles. The molecule has 2 aliphatic rings. The fraction of sp³-hybridized carbons (Fsp3) is 0.750. The van der Waals surface area contributed by atoms with Crippen molar-refractivity contribution < 1.29 is 0 Å². The quantitative estimate of drug-likeness (QED) is 0.887. The first-order chi connectivity index (χ1) is 8.74. The first kappa shape index (κ1) is 12.1. The van der Waals surface area contributed by atoms with Gasteiger partial charge in [0.25, 0.3) is 0 Å². The van der Waals surface area contributed by atoms with Crippen molar-refractivity contribution in [2.45, 2.75) is 44.7 Å². The van der Waals surface area contributed by atoms with E-state index < -0.39 is 0 Å².